The fourth-order valence-corrected chi connectivity index (χ4v) is 2.36. The fraction of sp³-hybridized carbons (Fsp3) is 0.400. The molecule has 2 nitrogen and oxygen atoms in total. The van der Waals surface area contributed by atoms with Crippen molar-refractivity contribution in [2.75, 3.05) is 0 Å². The molecule has 0 atom stereocenters. The normalized spacial score (nSPS) is 14.1. The fourth-order valence-electron chi connectivity index (χ4n) is 2.36. The first-order chi connectivity index (χ1) is 10.2. The SMILES string of the molecule is CC(C)C1=CC(=O)C=CC1=O.Cc1ccc(C)c(C(C)C)c1. The van der Waals surface area contributed by atoms with Crippen LogP contribution in [0.15, 0.2) is 42.0 Å². The molecule has 22 heavy (non-hydrogen) atoms. The lowest BCUT2D eigenvalue weighted by Gasteiger charge is -2.09. The smallest absolute Gasteiger partial charge is 0.182 e. The summed E-state index contributed by atoms with van der Waals surface area (Å²) in [5.74, 6) is 0.652. The van der Waals surface area contributed by atoms with Crippen molar-refractivity contribution in [1.82, 2.24) is 0 Å². The Morgan fingerprint density at radius 3 is 1.95 bits per heavy atom. The lowest BCUT2D eigenvalue weighted by atomic mass is 9.94. The molecule has 0 N–H and O–H groups in total. The molecule has 2 heteroatoms. The van der Waals surface area contributed by atoms with Gasteiger partial charge in [-0.25, -0.2) is 0 Å². The van der Waals surface area contributed by atoms with Crippen LogP contribution in [-0.4, -0.2) is 11.6 Å². The average molecular weight is 298 g/mol. The zero-order chi connectivity index (χ0) is 16.9. The molecule has 0 amide bonds. The lowest BCUT2D eigenvalue weighted by Crippen LogP contribution is -2.11. The number of ketones is 2. The van der Waals surface area contributed by atoms with E-state index in [0.717, 1.165) is 0 Å². The van der Waals surface area contributed by atoms with Gasteiger partial charge < -0.3 is 0 Å². The minimum absolute atomic E-state index is 0.0420. The molecular weight excluding hydrogens is 272 g/mol. The minimum Gasteiger partial charge on any atom is -0.290 e. The van der Waals surface area contributed by atoms with E-state index in [4.69, 9.17) is 0 Å². The standard InChI is InChI=1S/C11H16.C9H10O2/c1-8(2)11-7-9(3)5-6-10(11)4;1-6(2)8-5-7(10)3-4-9(8)11/h5-8H,1-4H3;3-6H,1-2H3. The summed E-state index contributed by atoms with van der Waals surface area (Å²) < 4.78 is 0. The summed E-state index contributed by atoms with van der Waals surface area (Å²) in [5.41, 5.74) is 4.85. The summed E-state index contributed by atoms with van der Waals surface area (Å²) >= 11 is 0. The van der Waals surface area contributed by atoms with E-state index in [1.807, 2.05) is 13.8 Å². The van der Waals surface area contributed by atoms with Crippen molar-refractivity contribution in [3.63, 3.8) is 0 Å². The molecule has 1 aliphatic carbocycles. The highest BCUT2D eigenvalue weighted by Gasteiger charge is 2.15. The monoisotopic (exact) mass is 298 g/mol. The first kappa shape index (κ1) is 18.1. The van der Waals surface area contributed by atoms with Gasteiger partial charge in [-0.1, -0.05) is 51.5 Å². The quantitative estimate of drug-likeness (QED) is 0.741. The highest BCUT2D eigenvalue weighted by Crippen LogP contribution is 2.19. The van der Waals surface area contributed by atoms with Gasteiger partial charge in [0.25, 0.3) is 0 Å². The third kappa shape index (κ3) is 5.10. The molecule has 1 aromatic rings. The molecule has 1 aliphatic rings. The molecule has 0 aliphatic heterocycles. The second kappa shape index (κ2) is 7.88. The molecule has 0 unspecified atom stereocenters. The molecule has 0 fully saturated rings. The van der Waals surface area contributed by atoms with E-state index in [-0.39, 0.29) is 17.5 Å². The van der Waals surface area contributed by atoms with E-state index < -0.39 is 0 Å². The number of benzene rings is 1. The zero-order valence-corrected chi connectivity index (χ0v) is 14.4. The Bertz CT molecular complexity index is 617. The highest BCUT2D eigenvalue weighted by molar-refractivity contribution is 6.17. The largest absolute Gasteiger partial charge is 0.290 e. The van der Waals surface area contributed by atoms with Crippen LogP contribution in [0, 0.1) is 19.8 Å². The maximum Gasteiger partial charge on any atom is 0.182 e. The van der Waals surface area contributed by atoms with Crippen LogP contribution in [0.25, 0.3) is 0 Å². The lowest BCUT2D eigenvalue weighted by molar-refractivity contribution is -0.114. The number of aryl methyl sites for hydroxylation is 2. The van der Waals surface area contributed by atoms with Gasteiger partial charge in [-0.05, 0) is 55.0 Å². The number of carbonyl (C=O) groups excluding carboxylic acids is 2. The van der Waals surface area contributed by atoms with Crippen LogP contribution in [0.5, 0.6) is 0 Å². The summed E-state index contributed by atoms with van der Waals surface area (Å²) in [6.07, 6.45) is 4.04. The van der Waals surface area contributed by atoms with Crippen molar-refractivity contribution in [1.29, 1.82) is 0 Å². The van der Waals surface area contributed by atoms with Crippen molar-refractivity contribution < 1.29 is 9.59 Å². The molecule has 118 valence electrons. The Hall–Kier alpha value is -1.96. The summed E-state index contributed by atoms with van der Waals surface area (Å²) in [6.45, 7) is 12.6. The molecule has 0 radical (unpaired) electrons. The predicted octanol–water partition coefficient (Wildman–Crippen LogP) is 4.70. The Morgan fingerprint density at radius 2 is 1.50 bits per heavy atom. The number of carbonyl (C=O) groups is 2. The first-order valence-corrected chi connectivity index (χ1v) is 7.77. The van der Waals surface area contributed by atoms with E-state index in [0.29, 0.717) is 11.5 Å². The van der Waals surface area contributed by atoms with Crippen molar-refractivity contribution >= 4 is 11.6 Å². The van der Waals surface area contributed by atoms with Gasteiger partial charge in [0.05, 0.1) is 0 Å². The molecule has 2 rings (SSSR count). The molecule has 1 aromatic carbocycles. The van der Waals surface area contributed by atoms with Gasteiger partial charge in [-0.3, -0.25) is 9.59 Å². The Morgan fingerprint density at radius 1 is 0.864 bits per heavy atom. The number of hydrogen-bond donors (Lipinski definition) is 0. The van der Waals surface area contributed by atoms with Gasteiger partial charge >= 0.3 is 0 Å². The van der Waals surface area contributed by atoms with Gasteiger partial charge in [0, 0.05) is 5.57 Å². The summed E-state index contributed by atoms with van der Waals surface area (Å²) in [5, 5.41) is 0. The summed E-state index contributed by atoms with van der Waals surface area (Å²) in [6, 6.07) is 6.64. The van der Waals surface area contributed by atoms with Crippen LogP contribution >= 0.6 is 0 Å². The van der Waals surface area contributed by atoms with Crippen molar-refractivity contribution in [3.05, 3.63) is 58.7 Å². The second-order valence-electron chi connectivity index (χ2n) is 6.37. The van der Waals surface area contributed by atoms with Crippen molar-refractivity contribution in [2.24, 2.45) is 5.92 Å². The molecular formula is C20H26O2. The van der Waals surface area contributed by atoms with Crippen molar-refractivity contribution in [2.45, 2.75) is 47.5 Å². The van der Waals surface area contributed by atoms with Crippen LogP contribution in [-0.2, 0) is 9.59 Å². The molecule has 0 heterocycles. The van der Waals surface area contributed by atoms with E-state index >= 15 is 0 Å². The first-order valence-electron chi connectivity index (χ1n) is 7.77. The maximum absolute atomic E-state index is 11.1. The highest BCUT2D eigenvalue weighted by atomic mass is 16.1. The number of allylic oxidation sites excluding steroid dienone is 4. The van der Waals surface area contributed by atoms with Gasteiger partial charge in [0.15, 0.2) is 11.6 Å². The van der Waals surface area contributed by atoms with Gasteiger partial charge in [0.1, 0.15) is 0 Å². The van der Waals surface area contributed by atoms with Crippen LogP contribution in [0.1, 0.15) is 50.3 Å². The van der Waals surface area contributed by atoms with Crippen LogP contribution in [0.4, 0.5) is 0 Å². The molecule has 0 saturated carbocycles. The molecule has 0 aromatic heterocycles. The minimum atomic E-state index is -0.0895. The molecule has 0 bridgehead atoms. The zero-order valence-electron chi connectivity index (χ0n) is 14.4. The summed E-state index contributed by atoms with van der Waals surface area (Å²) in [4.78, 5) is 21.9. The Labute approximate surface area is 133 Å². The Kier molecular flexibility index (Phi) is 6.48. The van der Waals surface area contributed by atoms with E-state index in [1.54, 1.807) is 0 Å². The van der Waals surface area contributed by atoms with Gasteiger partial charge in [0.2, 0.25) is 0 Å². The van der Waals surface area contributed by atoms with Crippen molar-refractivity contribution in [3.8, 4) is 0 Å². The predicted molar refractivity (Wildman–Crippen MR) is 92.1 cm³/mol. The average Bonchev–Trinajstić information content (AvgIpc) is 2.44. The topological polar surface area (TPSA) is 34.1 Å². The van der Waals surface area contributed by atoms with Crippen LogP contribution in [0.2, 0.25) is 0 Å². The number of rotatable bonds is 2. The Balaban J connectivity index is 0.000000220. The van der Waals surface area contributed by atoms with Gasteiger partial charge in [-0.2, -0.15) is 0 Å². The van der Waals surface area contributed by atoms with Crippen LogP contribution in [0.3, 0.4) is 0 Å². The third-order valence-electron chi connectivity index (χ3n) is 3.66. The summed E-state index contributed by atoms with van der Waals surface area (Å²) in [7, 11) is 0. The van der Waals surface area contributed by atoms with E-state index in [1.165, 1.54) is 34.9 Å². The third-order valence-corrected chi connectivity index (χ3v) is 3.66. The number of hydrogen-bond acceptors (Lipinski definition) is 2. The molecule has 0 saturated heterocycles. The molecule has 0 spiro atoms. The second-order valence-corrected chi connectivity index (χ2v) is 6.37. The van der Waals surface area contributed by atoms with E-state index in [9.17, 15) is 9.59 Å². The van der Waals surface area contributed by atoms with Crippen LogP contribution < -0.4 is 0 Å². The van der Waals surface area contributed by atoms with E-state index in [2.05, 4.69) is 45.9 Å². The maximum atomic E-state index is 11.1. The van der Waals surface area contributed by atoms with Gasteiger partial charge in [-0.15, -0.1) is 0 Å².